The van der Waals surface area contributed by atoms with E-state index >= 15 is 0 Å². The molecule has 0 spiro atoms. The number of amides is 3. The molecular weight excluding hydrogens is 761 g/mol. The average molecular weight is 823 g/mol. The van der Waals surface area contributed by atoms with Crippen LogP contribution in [-0.2, 0) is 16.0 Å². The first-order chi connectivity index (χ1) is 29.0. The Balaban J connectivity index is 0.000000154. The van der Waals surface area contributed by atoms with Gasteiger partial charge < -0.3 is 40.5 Å². The van der Waals surface area contributed by atoms with Gasteiger partial charge in [0.1, 0.15) is 0 Å². The number of fused-ring (bicyclic) bond motifs is 2. The predicted octanol–water partition coefficient (Wildman–Crippen LogP) is 5.66. The normalized spacial score (nSPS) is 30.8. The molecule has 0 atom stereocenters. The first kappa shape index (κ1) is 41.3. The summed E-state index contributed by atoms with van der Waals surface area (Å²) in [4.78, 5) is 53.4. The third kappa shape index (κ3) is 7.93. The van der Waals surface area contributed by atoms with E-state index in [1.807, 2.05) is 12.1 Å². The first-order valence-corrected chi connectivity index (χ1v) is 22.6. The van der Waals surface area contributed by atoms with E-state index in [9.17, 15) is 39.6 Å². The molecule has 1 aliphatic heterocycles. The highest BCUT2D eigenvalue weighted by molar-refractivity contribution is 6.02. The Morgan fingerprint density at radius 2 is 1.08 bits per heavy atom. The fourth-order valence-corrected chi connectivity index (χ4v) is 14.3. The fraction of sp³-hybridized carbons (Fsp3) is 0.625. The molecule has 8 fully saturated rings. The van der Waals surface area contributed by atoms with Crippen LogP contribution in [0.2, 0.25) is 0 Å². The molecule has 2 heterocycles. The molecule has 8 saturated carbocycles. The van der Waals surface area contributed by atoms with Crippen molar-refractivity contribution in [3.05, 3.63) is 70.1 Å². The van der Waals surface area contributed by atoms with Crippen LogP contribution >= 0.6 is 0 Å². The van der Waals surface area contributed by atoms with Gasteiger partial charge in [-0.25, -0.2) is 0 Å². The monoisotopic (exact) mass is 822 g/mol. The maximum atomic E-state index is 13.1. The average Bonchev–Trinajstić information content (AvgIpc) is 3.19. The zero-order valence-corrected chi connectivity index (χ0v) is 34.7. The molecule has 60 heavy (non-hydrogen) atoms. The Kier molecular flexibility index (Phi) is 11.4. The highest BCUT2D eigenvalue weighted by Crippen LogP contribution is 2.62. The van der Waals surface area contributed by atoms with Gasteiger partial charge in [-0.15, -0.1) is 0 Å². The molecule has 0 radical (unpaired) electrons. The van der Waals surface area contributed by atoms with Crippen LogP contribution in [0.5, 0.6) is 0 Å². The molecule has 322 valence electrons. The van der Waals surface area contributed by atoms with Crippen molar-refractivity contribution in [2.75, 3.05) is 43.6 Å². The number of anilines is 2. The standard InChI is InChI=1S/C24H32N2O4.C24H30N2O4/c2*27-13-18(14-28)26-5-4-19-20(23(26)30)2-1-3-21(19)25-22(29)12-24-9-15-6-16(10-24)8-17(7-15)11-24/h1-3,15-18,27-28H,4-14H2,(H,25,29);1-5,15-18,27-28H,6-14H2,(H,25,29). The summed E-state index contributed by atoms with van der Waals surface area (Å²) in [5, 5.41) is 45.1. The minimum Gasteiger partial charge on any atom is -0.394 e. The Labute approximate surface area is 351 Å². The zero-order chi connectivity index (χ0) is 41.8. The van der Waals surface area contributed by atoms with E-state index in [1.54, 1.807) is 36.5 Å². The number of nitrogens with zero attached hydrogens (tertiary/aromatic N) is 2. The lowest BCUT2D eigenvalue weighted by molar-refractivity contribution is -0.125. The molecule has 12 heteroatoms. The molecule has 9 aliphatic rings. The molecule has 8 aliphatic carbocycles. The number of pyridine rings is 1. The highest BCUT2D eigenvalue weighted by Gasteiger charge is 2.52. The van der Waals surface area contributed by atoms with Crippen molar-refractivity contribution in [1.82, 2.24) is 9.47 Å². The van der Waals surface area contributed by atoms with Crippen LogP contribution in [0, 0.1) is 46.3 Å². The number of aliphatic hydroxyl groups excluding tert-OH is 4. The van der Waals surface area contributed by atoms with Crippen LogP contribution in [0.3, 0.4) is 0 Å². The second-order valence-corrected chi connectivity index (χ2v) is 20.2. The Bertz CT molecular complexity index is 2100. The van der Waals surface area contributed by atoms with Crippen molar-refractivity contribution < 1.29 is 34.8 Å². The van der Waals surface area contributed by atoms with E-state index in [4.69, 9.17) is 0 Å². The lowest BCUT2D eigenvalue weighted by atomic mass is 9.49. The number of rotatable bonds is 12. The topological polar surface area (TPSA) is 181 Å². The summed E-state index contributed by atoms with van der Waals surface area (Å²) >= 11 is 0. The van der Waals surface area contributed by atoms with Crippen molar-refractivity contribution in [1.29, 1.82) is 0 Å². The third-order valence-corrected chi connectivity index (χ3v) is 15.9. The molecule has 6 N–H and O–H groups in total. The van der Waals surface area contributed by atoms with Crippen LogP contribution in [0.4, 0.5) is 11.4 Å². The van der Waals surface area contributed by atoms with Gasteiger partial charge in [-0.3, -0.25) is 19.2 Å². The second kappa shape index (κ2) is 16.6. The number of aliphatic hydroxyl groups is 4. The van der Waals surface area contributed by atoms with Gasteiger partial charge in [0.2, 0.25) is 11.8 Å². The predicted molar refractivity (Wildman–Crippen MR) is 228 cm³/mol. The summed E-state index contributed by atoms with van der Waals surface area (Å²) in [6, 6.07) is 11.3. The van der Waals surface area contributed by atoms with Gasteiger partial charge in [0.15, 0.2) is 0 Å². The number of carbonyl (C=O) groups is 3. The van der Waals surface area contributed by atoms with Gasteiger partial charge in [-0.05, 0) is 166 Å². The van der Waals surface area contributed by atoms with Gasteiger partial charge in [0, 0.05) is 53.3 Å². The molecule has 3 amide bonds. The van der Waals surface area contributed by atoms with E-state index in [0.29, 0.717) is 47.8 Å². The van der Waals surface area contributed by atoms with Gasteiger partial charge >= 0.3 is 0 Å². The van der Waals surface area contributed by atoms with Crippen molar-refractivity contribution in [2.24, 2.45) is 46.3 Å². The lowest BCUT2D eigenvalue weighted by Gasteiger charge is -2.56. The Morgan fingerprint density at radius 1 is 0.617 bits per heavy atom. The summed E-state index contributed by atoms with van der Waals surface area (Å²) in [7, 11) is 0. The first-order valence-electron chi connectivity index (χ1n) is 22.6. The number of hydrogen-bond donors (Lipinski definition) is 6. The van der Waals surface area contributed by atoms with E-state index in [1.165, 1.54) is 86.5 Å². The van der Waals surface area contributed by atoms with E-state index in [0.717, 1.165) is 46.8 Å². The molecular formula is C48H62N4O8. The number of benzene rings is 2. The summed E-state index contributed by atoms with van der Waals surface area (Å²) < 4.78 is 1.35. The molecule has 12 rings (SSSR count). The second-order valence-electron chi connectivity index (χ2n) is 20.2. The third-order valence-electron chi connectivity index (χ3n) is 15.9. The van der Waals surface area contributed by atoms with Crippen LogP contribution in [-0.4, -0.2) is 86.6 Å². The lowest BCUT2D eigenvalue weighted by Crippen LogP contribution is -2.48. The van der Waals surface area contributed by atoms with Crippen molar-refractivity contribution >= 4 is 39.9 Å². The maximum Gasteiger partial charge on any atom is 0.258 e. The summed E-state index contributed by atoms with van der Waals surface area (Å²) in [5.41, 5.74) is 2.89. The summed E-state index contributed by atoms with van der Waals surface area (Å²) in [5.74, 6) is 4.82. The quantitative estimate of drug-likeness (QED) is 0.136. The Hall–Kier alpha value is -4.10. The summed E-state index contributed by atoms with van der Waals surface area (Å²) in [6.45, 7) is -0.732. The van der Waals surface area contributed by atoms with E-state index < -0.39 is 12.1 Å². The molecule has 0 unspecified atom stereocenters. The molecule has 12 nitrogen and oxygen atoms in total. The smallest absolute Gasteiger partial charge is 0.258 e. The van der Waals surface area contributed by atoms with Crippen LogP contribution < -0.4 is 16.2 Å². The van der Waals surface area contributed by atoms with Gasteiger partial charge in [0.25, 0.3) is 11.5 Å². The Morgan fingerprint density at radius 3 is 1.58 bits per heavy atom. The molecule has 0 saturated heterocycles. The minimum atomic E-state index is -0.670. The van der Waals surface area contributed by atoms with Crippen LogP contribution in [0.15, 0.2) is 53.5 Å². The number of carbonyl (C=O) groups excluding carboxylic acids is 3. The van der Waals surface area contributed by atoms with E-state index in [2.05, 4.69) is 10.6 Å². The van der Waals surface area contributed by atoms with E-state index in [-0.39, 0.29) is 60.5 Å². The molecule has 3 aromatic rings. The van der Waals surface area contributed by atoms with Gasteiger partial charge in [-0.2, -0.15) is 0 Å². The fourth-order valence-electron chi connectivity index (χ4n) is 14.3. The van der Waals surface area contributed by atoms with Crippen molar-refractivity contribution in [3.8, 4) is 0 Å². The largest absolute Gasteiger partial charge is 0.394 e. The minimum absolute atomic E-state index is 0.0391. The van der Waals surface area contributed by atoms with Gasteiger partial charge in [-0.1, -0.05) is 12.1 Å². The maximum absolute atomic E-state index is 13.1. The number of aromatic nitrogens is 1. The number of hydrogen-bond acceptors (Lipinski definition) is 8. The van der Waals surface area contributed by atoms with Crippen LogP contribution in [0.25, 0.3) is 10.8 Å². The van der Waals surface area contributed by atoms with Crippen molar-refractivity contribution in [3.63, 3.8) is 0 Å². The summed E-state index contributed by atoms with van der Waals surface area (Å²) in [6.07, 6.45) is 18.7. The zero-order valence-electron chi connectivity index (χ0n) is 34.7. The highest BCUT2D eigenvalue weighted by atomic mass is 16.3. The number of nitrogens with one attached hydrogen (secondary N) is 2. The molecule has 8 bridgehead atoms. The molecule has 1 aromatic heterocycles. The molecule has 2 aromatic carbocycles. The van der Waals surface area contributed by atoms with Gasteiger partial charge in [0.05, 0.1) is 38.5 Å². The van der Waals surface area contributed by atoms with Crippen molar-refractivity contribution in [2.45, 2.75) is 108 Å². The van der Waals surface area contributed by atoms with Crippen LogP contribution in [0.1, 0.15) is 112 Å². The SMILES string of the molecule is O=C(CC12CC3CC(CC(C3)C1)C2)Nc1cccc2c(=O)n(C(CO)CO)ccc12.O=C(CC12CC3CC(CC(C3)C1)C2)Nc1cccc2c1CCN(C(CO)CO)C2=O.